The van der Waals surface area contributed by atoms with Crippen molar-refractivity contribution in [2.24, 2.45) is 5.92 Å². The second-order valence-electron chi connectivity index (χ2n) is 7.95. The number of aromatic nitrogens is 1. The van der Waals surface area contributed by atoms with E-state index < -0.39 is 0 Å². The standard InChI is InChI=1S/C23H25ClFNO/c1-2-18-10-11-19(15-5-6-15)22(26-18)23(27)16-7-3-14(4-8-16)17-9-12-20(24)21(25)13-17/h9-16H,2-8H2,1H3. The molecule has 142 valence electrons. The molecule has 1 aromatic heterocycles. The highest BCUT2D eigenvalue weighted by molar-refractivity contribution is 6.30. The number of carbonyl (C=O) groups excluding carboxylic acids is 1. The molecule has 0 amide bonds. The molecule has 0 radical (unpaired) electrons. The predicted octanol–water partition coefficient (Wildman–Crippen LogP) is 6.47. The van der Waals surface area contributed by atoms with E-state index in [1.165, 1.54) is 12.8 Å². The minimum atomic E-state index is -0.359. The summed E-state index contributed by atoms with van der Waals surface area (Å²) in [4.78, 5) is 17.9. The van der Waals surface area contributed by atoms with E-state index in [4.69, 9.17) is 16.6 Å². The maximum Gasteiger partial charge on any atom is 0.184 e. The van der Waals surface area contributed by atoms with Crippen LogP contribution in [0.4, 0.5) is 4.39 Å². The van der Waals surface area contributed by atoms with Crippen molar-refractivity contribution in [1.29, 1.82) is 0 Å². The summed E-state index contributed by atoms with van der Waals surface area (Å²) in [5.41, 5.74) is 3.86. The fourth-order valence-corrected chi connectivity index (χ4v) is 4.39. The Morgan fingerprint density at radius 3 is 2.41 bits per heavy atom. The number of halogens is 2. The Balaban J connectivity index is 1.48. The molecule has 0 spiro atoms. The van der Waals surface area contributed by atoms with Crippen molar-refractivity contribution in [3.63, 3.8) is 0 Å². The molecule has 4 heteroatoms. The summed E-state index contributed by atoms with van der Waals surface area (Å²) < 4.78 is 13.8. The van der Waals surface area contributed by atoms with Crippen LogP contribution >= 0.6 is 11.6 Å². The highest BCUT2D eigenvalue weighted by Crippen LogP contribution is 2.43. The van der Waals surface area contributed by atoms with Crippen LogP contribution in [0.2, 0.25) is 5.02 Å². The van der Waals surface area contributed by atoms with Gasteiger partial charge in [0.05, 0.1) is 5.02 Å². The number of rotatable bonds is 5. The van der Waals surface area contributed by atoms with Gasteiger partial charge in [0.15, 0.2) is 5.78 Å². The van der Waals surface area contributed by atoms with Gasteiger partial charge in [0, 0.05) is 11.6 Å². The largest absolute Gasteiger partial charge is 0.292 e. The number of ketones is 1. The number of aryl methyl sites for hydroxylation is 1. The number of carbonyl (C=O) groups is 1. The lowest BCUT2D eigenvalue weighted by molar-refractivity contribution is 0.0877. The van der Waals surface area contributed by atoms with Crippen LogP contribution in [-0.4, -0.2) is 10.8 Å². The Kier molecular flexibility index (Phi) is 5.32. The van der Waals surface area contributed by atoms with Crippen molar-refractivity contribution in [2.75, 3.05) is 0 Å². The fourth-order valence-electron chi connectivity index (χ4n) is 4.28. The number of nitrogens with zero attached hydrogens (tertiary/aromatic N) is 1. The summed E-state index contributed by atoms with van der Waals surface area (Å²) in [6, 6.07) is 9.28. The van der Waals surface area contributed by atoms with Gasteiger partial charge in [-0.15, -0.1) is 0 Å². The zero-order chi connectivity index (χ0) is 19.0. The molecule has 2 aliphatic carbocycles. The van der Waals surface area contributed by atoms with Crippen molar-refractivity contribution >= 4 is 17.4 Å². The molecule has 27 heavy (non-hydrogen) atoms. The number of hydrogen-bond donors (Lipinski definition) is 0. The van der Waals surface area contributed by atoms with E-state index in [0.29, 0.717) is 11.8 Å². The van der Waals surface area contributed by atoms with Crippen molar-refractivity contribution in [3.8, 4) is 0 Å². The van der Waals surface area contributed by atoms with E-state index in [0.717, 1.165) is 54.6 Å². The molecule has 2 aliphatic rings. The summed E-state index contributed by atoms with van der Waals surface area (Å²) in [6.45, 7) is 2.07. The van der Waals surface area contributed by atoms with Crippen LogP contribution in [0.15, 0.2) is 30.3 Å². The van der Waals surface area contributed by atoms with Crippen LogP contribution in [-0.2, 0) is 6.42 Å². The molecule has 2 aromatic rings. The van der Waals surface area contributed by atoms with Crippen LogP contribution in [0.1, 0.15) is 84.6 Å². The summed E-state index contributed by atoms with van der Waals surface area (Å²) in [5, 5.41) is 0.164. The van der Waals surface area contributed by atoms with Gasteiger partial charge in [0.25, 0.3) is 0 Å². The molecule has 1 aromatic carbocycles. The van der Waals surface area contributed by atoms with Crippen molar-refractivity contribution < 1.29 is 9.18 Å². The van der Waals surface area contributed by atoms with Crippen molar-refractivity contribution in [3.05, 3.63) is 63.7 Å². The van der Waals surface area contributed by atoms with Crippen molar-refractivity contribution in [2.45, 2.75) is 63.7 Å². The maximum atomic E-state index is 13.8. The third kappa shape index (κ3) is 3.94. The normalized spacial score (nSPS) is 22.6. The second kappa shape index (κ2) is 7.71. The summed E-state index contributed by atoms with van der Waals surface area (Å²) >= 11 is 5.80. The van der Waals surface area contributed by atoms with E-state index >= 15 is 0 Å². The van der Waals surface area contributed by atoms with Crippen LogP contribution < -0.4 is 0 Å². The third-order valence-corrected chi connectivity index (χ3v) is 6.42. The molecule has 0 N–H and O–H groups in total. The van der Waals surface area contributed by atoms with Crippen LogP contribution in [0, 0.1) is 11.7 Å². The first kappa shape index (κ1) is 18.6. The van der Waals surface area contributed by atoms with Crippen molar-refractivity contribution in [1.82, 2.24) is 4.98 Å². The molecule has 2 saturated carbocycles. The second-order valence-corrected chi connectivity index (χ2v) is 8.36. The Bertz CT molecular complexity index is 853. The van der Waals surface area contributed by atoms with E-state index in [1.807, 2.05) is 6.07 Å². The Hall–Kier alpha value is -1.74. The molecule has 1 heterocycles. The lowest BCUT2D eigenvalue weighted by Gasteiger charge is -2.28. The minimum Gasteiger partial charge on any atom is -0.292 e. The van der Waals surface area contributed by atoms with Gasteiger partial charge >= 0.3 is 0 Å². The van der Waals surface area contributed by atoms with Crippen LogP contribution in [0.5, 0.6) is 0 Å². The summed E-state index contributed by atoms with van der Waals surface area (Å²) in [7, 11) is 0. The highest BCUT2D eigenvalue weighted by Gasteiger charge is 2.33. The number of benzene rings is 1. The first-order chi connectivity index (χ1) is 13.1. The van der Waals surface area contributed by atoms with Crippen LogP contribution in [0.3, 0.4) is 0 Å². The first-order valence-electron chi connectivity index (χ1n) is 10.1. The fraction of sp³-hybridized carbons (Fsp3) is 0.478. The smallest absolute Gasteiger partial charge is 0.184 e. The molecule has 0 unspecified atom stereocenters. The van der Waals surface area contributed by atoms with Gasteiger partial charge < -0.3 is 0 Å². The SMILES string of the molecule is CCc1ccc(C2CC2)c(C(=O)C2CCC(c3ccc(Cl)c(F)c3)CC2)n1. The predicted molar refractivity (Wildman–Crippen MR) is 106 cm³/mol. The Morgan fingerprint density at radius 1 is 1.07 bits per heavy atom. The van der Waals surface area contributed by atoms with E-state index in [1.54, 1.807) is 12.1 Å². The average Bonchev–Trinajstić information content (AvgIpc) is 3.54. The molecule has 0 saturated heterocycles. The van der Waals surface area contributed by atoms with Gasteiger partial charge in [0.2, 0.25) is 0 Å². The van der Waals surface area contributed by atoms with Gasteiger partial charge in [-0.3, -0.25) is 4.79 Å². The van der Waals surface area contributed by atoms with Crippen LogP contribution in [0.25, 0.3) is 0 Å². The maximum absolute atomic E-state index is 13.8. The monoisotopic (exact) mass is 385 g/mol. The first-order valence-corrected chi connectivity index (χ1v) is 10.4. The van der Waals surface area contributed by atoms with Gasteiger partial charge in [-0.2, -0.15) is 0 Å². The molecule has 2 fully saturated rings. The lowest BCUT2D eigenvalue weighted by Crippen LogP contribution is -2.23. The molecular weight excluding hydrogens is 361 g/mol. The average molecular weight is 386 g/mol. The topological polar surface area (TPSA) is 30.0 Å². The molecule has 0 aliphatic heterocycles. The van der Waals surface area contributed by atoms with E-state index in [-0.39, 0.29) is 22.5 Å². The molecular formula is C23H25ClFNO. The molecule has 2 nitrogen and oxygen atoms in total. The van der Waals surface area contributed by atoms with Gasteiger partial charge in [-0.1, -0.05) is 30.7 Å². The molecule has 0 bridgehead atoms. The number of Topliss-reactive ketones (excluding diaryl/α,β-unsaturated/α-hetero) is 1. The highest BCUT2D eigenvalue weighted by atomic mass is 35.5. The summed E-state index contributed by atoms with van der Waals surface area (Å²) in [6.07, 6.45) is 6.68. The number of hydrogen-bond acceptors (Lipinski definition) is 2. The Morgan fingerprint density at radius 2 is 1.78 bits per heavy atom. The minimum absolute atomic E-state index is 0.0375. The van der Waals surface area contributed by atoms with Gasteiger partial charge in [-0.25, -0.2) is 9.37 Å². The zero-order valence-corrected chi connectivity index (χ0v) is 16.4. The Labute approximate surface area is 165 Å². The number of pyridine rings is 1. The van der Waals surface area contributed by atoms with Gasteiger partial charge in [-0.05, 0) is 86.1 Å². The zero-order valence-electron chi connectivity index (χ0n) is 15.7. The van der Waals surface area contributed by atoms with E-state index in [9.17, 15) is 9.18 Å². The molecule has 0 atom stereocenters. The molecule has 4 rings (SSSR count). The lowest BCUT2D eigenvalue weighted by atomic mass is 9.76. The third-order valence-electron chi connectivity index (χ3n) is 6.11. The quantitative estimate of drug-likeness (QED) is 0.552. The van der Waals surface area contributed by atoms with E-state index in [2.05, 4.69) is 19.1 Å². The van der Waals surface area contributed by atoms with Gasteiger partial charge in [0.1, 0.15) is 11.5 Å². The summed E-state index contributed by atoms with van der Waals surface area (Å²) in [5.74, 6) is 0.722.